The van der Waals surface area contributed by atoms with E-state index in [-0.39, 0.29) is 11.3 Å². The van der Waals surface area contributed by atoms with Crippen LogP contribution in [0.1, 0.15) is 46.6 Å². The third-order valence-corrected chi connectivity index (χ3v) is 2.89. The molecular weight excluding hydrogens is 234 g/mol. The van der Waals surface area contributed by atoms with Crippen LogP contribution in [-0.2, 0) is 11.2 Å². The minimum absolute atomic E-state index is 0.0315. The third-order valence-electron chi connectivity index (χ3n) is 2.05. The standard InChI is InChI=1S/C12H21N3OS/c1-11(2,3)7-8-14-15-10(17-8)13-9(16)12(4,5)6/h7H2,1-6H3,(H,13,15,16). The van der Waals surface area contributed by atoms with Gasteiger partial charge < -0.3 is 5.32 Å². The highest BCUT2D eigenvalue weighted by atomic mass is 32.1. The zero-order valence-electron chi connectivity index (χ0n) is 11.4. The van der Waals surface area contributed by atoms with Gasteiger partial charge in [0, 0.05) is 11.8 Å². The smallest absolute Gasteiger partial charge is 0.231 e. The molecule has 96 valence electrons. The molecule has 0 saturated heterocycles. The Balaban J connectivity index is 2.67. The number of rotatable bonds is 2. The van der Waals surface area contributed by atoms with E-state index in [1.54, 1.807) is 0 Å². The maximum atomic E-state index is 11.8. The van der Waals surface area contributed by atoms with E-state index < -0.39 is 5.41 Å². The predicted molar refractivity (Wildman–Crippen MR) is 71.2 cm³/mol. The van der Waals surface area contributed by atoms with Crippen LogP contribution >= 0.6 is 11.3 Å². The van der Waals surface area contributed by atoms with E-state index in [0.29, 0.717) is 5.13 Å². The normalized spacial score (nSPS) is 12.6. The van der Waals surface area contributed by atoms with Crippen LogP contribution in [0.15, 0.2) is 0 Å². The number of amides is 1. The first-order chi connectivity index (χ1) is 7.58. The van der Waals surface area contributed by atoms with E-state index in [0.717, 1.165) is 11.4 Å². The van der Waals surface area contributed by atoms with Crippen molar-refractivity contribution >= 4 is 22.4 Å². The third kappa shape index (κ3) is 4.81. The Hall–Kier alpha value is -0.970. The maximum absolute atomic E-state index is 11.8. The van der Waals surface area contributed by atoms with E-state index in [9.17, 15) is 4.79 Å². The van der Waals surface area contributed by atoms with Crippen molar-refractivity contribution in [1.29, 1.82) is 0 Å². The fourth-order valence-electron chi connectivity index (χ4n) is 1.11. The van der Waals surface area contributed by atoms with Gasteiger partial charge >= 0.3 is 0 Å². The lowest BCUT2D eigenvalue weighted by Crippen LogP contribution is -2.27. The molecule has 5 heteroatoms. The summed E-state index contributed by atoms with van der Waals surface area (Å²) in [5.41, 5.74) is -0.222. The molecule has 1 N–H and O–H groups in total. The van der Waals surface area contributed by atoms with Crippen LogP contribution in [0.25, 0.3) is 0 Å². The van der Waals surface area contributed by atoms with Crippen LogP contribution in [0.2, 0.25) is 0 Å². The molecule has 0 aliphatic carbocycles. The topological polar surface area (TPSA) is 54.9 Å². The molecule has 1 aromatic rings. The van der Waals surface area contributed by atoms with Gasteiger partial charge in [-0.25, -0.2) is 0 Å². The molecule has 0 aromatic carbocycles. The van der Waals surface area contributed by atoms with Crippen molar-refractivity contribution in [2.75, 3.05) is 5.32 Å². The van der Waals surface area contributed by atoms with Crippen molar-refractivity contribution in [3.63, 3.8) is 0 Å². The van der Waals surface area contributed by atoms with E-state index in [4.69, 9.17) is 0 Å². The van der Waals surface area contributed by atoms with Gasteiger partial charge in [-0.05, 0) is 5.41 Å². The van der Waals surface area contributed by atoms with Crippen molar-refractivity contribution in [3.8, 4) is 0 Å². The Labute approximate surface area is 107 Å². The molecule has 0 fully saturated rings. The molecule has 0 saturated carbocycles. The van der Waals surface area contributed by atoms with Gasteiger partial charge in [0.1, 0.15) is 5.01 Å². The molecule has 1 heterocycles. The van der Waals surface area contributed by atoms with Gasteiger partial charge in [0.25, 0.3) is 0 Å². The van der Waals surface area contributed by atoms with Gasteiger partial charge in [-0.3, -0.25) is 4.79 Å². The van der Waals surface area contributed by atoms with E-state index in [2.05, 4.69) is 36.3 Å². The molecule has 0 atom stereocenters. The first kappa shape index (κ1) is 14.1. The summed E-state index contributed by atoms with van der Waals surface area (Å²) in [7, 11) is 0. The number of aromatic nitrogens is 2. The highest BCUT2D eigenvalue weighted by Gasteiger charge is 2.23. The SMILES string of the molecule is CC(C)(C)Cc1nnc(NC(=O)C(C)(C)C)s1. The van der Waals surface area contributed by atoms with Gasteiger partial charge in [-0.15, -0.1) is 10.2 Å². The Morgan fingerprint density at radius 3 is 2.24 bits per heavy atom. The molecule has 0 aliphatic heterocycles. The summed E-state index contributed by atoms with van der Waals surface area (Å²) in [6.45, 7) is 12.1. The Kier molecular flexibility index (Phi) is 3.91. The first-order valence-electron chi connectivity index (χ1n) is 5.72. The number of nitrogens with zero attached hydrogens (tertiary/aromatic N) is 2. The number of nitrogens with one attached hydrogen (secondary N) is 1. The summed E-state index contributed by atoms with van der Waals surface area (Å²) in [6, 6.07) is 0. The van der Waals surface area contributed by atoms with Crippen molar-refractivity contribution < 1.29 is 4.79 Å². The van der Waals surface area contributed by atoms with Crippen molar-refractivity contribution in [3.05, 3.63) is 5.01 Å². The molecule has 0 spiro atoms. The van der Waals surface area contributed by atoms with Gasteiger partial charge in [0.15, 0.2) is 0 Å². The minimum Gasteiger partial charge on any atom is -0.300 e. The Morgan fingerprint density at radius 1 is 1.18 bits per heavy atom. The first-order valence-corrected chi connectivity index (χ1v) is 6.53. The van der Waals surface area contributed by atoms with Crippen LogP contribution in [-0.4, -0.2) is 16.1 Å². The summed E-state index contributed by atoms with van der Waals surface area (Å²) >= 11 is 1.45. The summed E-state index contributed by atoms with van der Waals surface area (Å²) < 4.78 is 0. The molecular formula is C12H21N3OS. The van der Waals surface area contributed by atoms with Crippen LogP contribution in [0.5, 0.6) is 0 Å². The molecule has 0 bridgehead atoms. The van der Waals surface area contributed by atoms with Crippen LogP contribution in [0.3, 0.4) is 0 Å². The lowest BCUT2D eigenvalue weighted by molar-refractivity contribution is -0.123. The average Bonchev–Trinajstić information content (AvgIpc) is 2.47. The van der Waals surface area contributed by atoms with E-state index >= 15 is 0 Å². The minimum atomic E-state index is -0.407. The predicted octanol–water partition coefficient (Wildman–Crippen LogP) is 3.11. The maximum Gasteiger partial charge on any atom is 0.231 e. The van der Waals surface area contributed by atoms with Gasteiger partial charge in [0.2, 0.25) is 11.0 Å². The van der Waals surface area contributed by atoms with Crippen LogP contribution in [0.4, 0.5) is 5.13 Å². The Bertz CT molecular complexity index is 399. The van der Waals surface area contributed by atoms with Gasteiger partial charge in [-0.1, -0.05) is 52.9 Å². The van der Waals surface area contributed by atoms with Crippen molar-refractivity contribution in [2.45, 2.75) is 48.0 Å². The second kappa shape index (κ2) is 4.72. The molecule has 0 radical (unpaired) electrons. The van der Waals surface area contributed by atoms with E-state index in [1.165, 1.54) is 11.3 Å². The van der Waals surface area contributed by atoms with Crippen LogP contribution < -0.4 is 5.32 Å². The quantitative estimate of drug-likeness (QED) is 0.883. The van der Waals surface area contributed by atoms with E-state index in [1.807, 2.05) is 20.8 Å². The fourth-order valence-corrected chi connectivity index (χ4v) is 2.15. The summed E-state index contributed by atoms with van der Waals surface area (Å²) in [5.74, 6) is -0.0315. The number of hydrogen-bond acceptors (Lipinski definition) is 4. The fraction of sp³-hybridized carbons (Fsp3) is 0.750. The molecule has 1 amide bonds. The number of anilines is 1. The summed E-state index contributed by atoms with van der Waals surface area (Å²) in [4.78, 5) is 11.8. The molecule has 4 nitrogen and oxygen atoms in total. The highest BCUT2D eigenvalue weighted by Crippen LogP contribution is 2.25. The Morgan fingerprint density at radius 2 is 1.76 bits per heavy atom. The van der Waals surface area contributed by atoms with Gasteiger partial charge in [0.05, 0.1) is 0 Å². The number of carbonyl (C=O) groups is 1. The zero-order chi connectivity index (χ0) is 13.3. The number of carbonyl (C=O) groups excluding carboxylic acids is 1. The van der Waals surface area contributed by atoms with Gasteiger partial charge in [-0.2, -0.15) is 0 Å². The van der Waals surface area contributed by atoms with Crippen LogP contribution in [0, 0.1) is 10.8 Å². The second-order valence-corrected chi connectivity index (χ2v) is 7.50. The monoisotopic (exact) mass is 255 g/mol. The highest BCUT2D eigenvalue weighted by molar-refractivity contribution is 7.15. The molecule has 17 heavy (non-hydrogen) atoms. The second-order valence-electron chi connectivity index (χ2n) is 6.44. The largest absolute Gasteiger partial charge is 0.300 e. The molecule has 0 aliphatic rings. The lowest BCUT2D eigenvalue weighted by atomic mass is 9.93. The van der Waals surface area contributed by atoms with Crippen molar-refractivity contribution in [2.24, 2.45) is 10.8 Å². The average molecular weight is 255 g/mol. The number of hydrogen-bond donors (Lipinski definition) is 1. The molecule has 1 rings (SSSR count). The molecule has 1 aromatic heterocycles. The molecule has 0 unspecified atom stereocenters. The van der Waals surface area contributed by atoms with Crippen molar-refractivity contribution in [1.82, 2.24) is 10.2 Å². The lowest BCUT2D eigenvalue weighted by Gasteiger charge is -2.16. The summed E-state index contributed by atoms with van der Waals surface area (Å²) in [6.07, 6.45) is 0.871. The summed E-state index contributed by atoms with van der Waals surface area (Å²) in [5, 5.41) is 12.4. The zero-order valence-corrected chi connectivity index (χ0v) is 12.2.